The smallest absolute Gasteiger partial charge is 0.410 e. The van der Waals surface area contributed by atoms with Gasteiger partial charge >= 0.3 is 6.09 Å². The van der Waals surface area contributed by atoms with Gasteiger partial charge in [0.05, 0.1) is 18.3 Å². The minimum Gasteiger partial charge on any atom is -0.444 e. The Kier molecular flexibility index (Phi) is 8.15. The monoisotopic (exact) mass is 461 g/mol. The summed E-state index contributed by atoms with van der Waals surface area (Å²) in [6.45, 7) is 10.5. The minimum absolute atomic E-state index is 0.134. The topological polar surface area (TPSA) is 79.7 Å². The van der Waals surface area contributed by atoms with Gasteiger partial charge in [-0.2, -0.15) is 5.10 Å². The van der Waals surface area contributed by atoms with Crippen LogP contribution in [0.1, 0.15) is 43.1 Å². The summed E-state index contributed by atoms with van der Waals surface area (Å²) in [6.07, 6.45) is 3.89. The lowest BCUT2D eigenvalue weighted by molar-refractivity contribution is 0.0144. The van der Waals surface area contributed by atoms with E-state index in [4.69, 9.17) is 16.3 Å². The van der Waals surface area contributed by atoms with E-state index in [0.717, 1.165) is 31.6 Å². The van der Waals surface area contributed by atoms with Gasteiger partial charge in [0.2, 0.25) is 0 Å². The first-order valence-electron chi connectivity index (χ1n) is 11.0. The third-order valence-corrected chi connectivity index (χ3v) is 5.52. The highest BCUT2D eigenvalue weighted by Crippen LogP contribution is 2.16. The zero-order chi connectivity index (χ0) is 23.1. The van der Waals surface area contributed by atoms with Gasteiger partial charge in [-0.15, -0.1) is 0 Å². The van der Waals surface area contributed by atoms with Gasteiger partial charge in [-0.25, -0.2) is 4.79 Å². The van der Waals surface area contributed by atoms with Gasteiger partial charge in [0.15, 0.2) is 0 Å². The molecule has 1 N–H and O–H groups in total. The molecule has 174 valence electrons. The molecule has 0 unspecified atom stereocenters. The van der Waals surface area contributed by atoms with Crippen LogP contribution >= 0.6 is 11.6 Å². The van der Waals surface area contributed by atoms with Crippen LogP contribution in [0.5, 0.6) is 0 Å². The number of nitrogens with one attached hydrogen (secondary N) is 1. The van der Waals surface area contributed by atoms with E-state index < -0.39 is 5.60 Å². The van der Waals surface area contributed by atoms with Crippen LogP contribution in [0, 0.1) is 0 Å². The van der Waals surface area contributed by atoms with E-state index in [1.165, 1.54) is 0 Å². The van der Waals surface area contributed by atoms with E-state index in [-0.39, 0.29) is 12.0 Å². The summed E-state index contributed by atoms with van der Waals surface area (Å²) >= 11 is 6.19. The number of halogens is 1. The molecule has 0 spiro atoms. The number of hydrogen-bond donors (Lipinski definition) is 1. The van der Waals surface area contributed by atoms with Gasteiger partial charge in [-0.05, 0) is 45.4 Å². The van der Waals surface area contributed by atoms with Gasteiger partial charge in [-0.3, -0.25) is 14.4 Å². The van der Waals surface area contributed by atoms with Gasteiger partial charge in [0, 0.05) is 43.9 Å². The van der Waals surface area contributed by atoms with Crippen LogP contribution in [0.15, 0.2) is 36.7 Å². The number of benzene rings is 1. The number of nitrogens with zero attached hydrogens (tertiary/aromatic N) is 4. The second-order valence-electron chi connectivity index (χ2n) is 8.94. The summed E-state index contributed by atoms with van der Waals surface area (Å²) in [5.41, 5.74) is 1.01. The molecular weight excluding hydrogens is 430 g/mol. The molecule has 9 heteroatoms. The van der Waals surface area contributed by atoms with Gasteiger partial charge in [0.25, 0.3) is 5.91 Å². The zero-order valence-electron chi connectivity index (χ0n) is 19.0. The molecule has 2 amide bonds. The van der Waals surface area contributed by atoms with Crippen molar-refractivity contribution in [3.8, 4) is 0 Å². The fraction of sp³-hybridized carbons (Fsp3) is 0.522. The number of amides is 2. The molecule has 2 aromatic rings. The lowest BCUT2D eigenvalue weighted by atomic mass is 10.2. The van der Waals surface area contributed by atoms with Crippen LogP contribution in [0.4, 0.5) is 4.79 Å². The Balaban J connectivity index is 1.34. The second-order valence-corrected chi connectivity index (χ2v) is 9.34. The summed E-state index contributed by atoms with van der Waals surface area (Å²) < 4.78 is 7.14. The Morgan fingerprint density at radius 2 is 1.88 bits per heavy atom. The first-order valence-corrected chi connectivity index (χ1v) is 11.3. The van der Waals surface area contributed by atoms with Crippen molar-refractivity contribution in [3.63, 3.8) is 0 Å². The molecule has 0 radical (unpaired) electrons. The molecule has 2 heterocycles. The quantitative estimate of drug-likeness (QED) is 0.640. The summed E-state index contributed by atoms with van der Waals surface area (Å²) in [5.74, 6) is -0.134. The van der Waals surface area contributed by atoms with Crippen molar-refractivity contribution >= 4 is 23.6 Å². The van der Waals surface area contributed by atoms with Crippen LogP contribution < -0.4 is 5.32 Å². The van der Waals surface area contributed by atoms with E-state index in [2.05, 4.69) is 15.3 Å². The predicted octanol–water partition coefficient (Wildman–Crippen LogP) is 3.26. The van der Waals surface area contributed by atoms with Crippen molar-refractivity contribution in [3.05, 3.63) is 52.8 Å². The van der Waals surface area contributed by atoms with E-state index in [0.29, 0.717) is 36.8 Å². The van der Waals surface area contributed by atoms with Crippen LogP contribution in [-0.4, -0.2) is 76.5 Å². The molecule has 1 aliphatic heterocycles. The van der Waals surface area contributed by atoms with Crippen molar-refractivity contribution in [1.82, 2.24) is 24.9 Å². The minimum atomic E-state index is -0.475. The van der Waals surface area contributed by atoms with E-state index in [1.807, 2.05) is 45.0 Å². The lowest BCUT2D eigenvalue weighted by Gasteiger charge is -2.35. The van der Waals surface area contributed by atoms with E-state index in [1.54, 1.807) is 22.0 Å². The molecular formula is C23H32ClN5O3. The van der Waals surface area contributed by atoms with E-state index >= 15 is 0 Å². The molecule has 8 nitrogen and oxygen atoms in total. The fourth-order valence-electron chi connectivity index (χ4n) is 3.46. The third kappa shape index (κ3) is 7.24. The maximum Gasteiger partial charge on any atom is 0.410 e. The SMILES string of the molecule is CC(C)(C)OC(=O)N1CCN(CCCNC(=O)c2cnn(Cc3ccccc3Cl)c2)CC1. The zero-order valence-corrected chi connectivity index (χ0v) is 19.8. The number of carbonyl (C=O) groups excluding carboxylic acids is 2. The maximum atomic E-state index is 12.4. The molecule has 32 heavy (non-hydrogen) atoms. The first-order chi connectivity index (χ1) is 15.2. The molecule has 3 rings (SSSR count). The Morgan fingerprint density at radius 3 is 2.56 bits per heavy atom. The molecule has 1 aliphatic rings. The summed E-state index contributed by atoms with van der Waals surface area (Å²) in [4.78, 5) is 28.6. The molecule has 1 fully saturated rings. The normalized spacial score (nSPS) is 14.9. The maximum absolute atomic E-state index is 12.4. The molecule has 0 bridgehead atoms. The highest BCUT2D eigenvalue weighted by Gasteiger charge is 2.25. The van der Waals surface area contributed by atoms with Crippen molar-refractivity contribution in [2.45, 2.75) is 39.3 Å². The highest BCUT2D eigenvalue weighted by atomic mass is 35.5. The second kappa shape index (κ2) is 10.8. The number of ether oxygens (including phenoxy) is 1. The van der Waals surface area contributed by atoms with E-state index in [9.17, 15) is 9.59 Å². The summed E-state index contributed by atoms with van der Waals surface area (Å²) in [5, 5.41) is 7.90. The number of aromatic nitrogens is 2. The predicted molar refractivity (Wildman–Crippen MR) is 124 cm³/mol. The largest absolute Gasteiger partial charge is 0.444 e. The number of carbonyl (C=O) groups is 2. The molecule has 1 aromatic carbocycles. The first kappa shape index (κ1) is 24.1. The summed E-state index contributed by atoms with van der Waals surface area (Å²) in [6, 6.07) is 7.59. The Hall–Kier alpha value is -2.58. The highest BCUT2D eigenvalue weighted by molar-refractivity contribution is 6.31. The number of piperazine rings is 1. The van der Waals surface area contributed by atoms with Gasteiger partial charge in [0.1, 0.15) is 5.60 Å². The average Bonchev–Trinajstić information content (AvgIpc) is 3.21. The third-order valence-electron chi connectivity index (χ3n) is 5.15. The standard InChI is InChI=1S/C23H32ClN5O3/c1-23(2,3)32-22(31)28-13-11-27(12-14-28)10-6-9-25-21(30)19-15-26-29(17-19)16-18-7-4-5-8-20(18)24/h4-5,7-8,15,17H,6,9-14,16H2,1-3H3,(H,25,30). The Morgan fingerprint density at radius 1 is 1.16 bits per heavy atom. The van der Waals surface area contributed by atoms with Crippen molar-refractivity contribution in [1.29, 1.82) is 0 Å². The van der Waals surface area contributed by atoms with Crippen molar-refractivity contribution < 1.29 is 14.3 Å². The van der Waals surface area contributed by atoms with Crippen LogP contribution in [0.3, 0.4) is 0 Å². The Bertz CT molecular complexity index is 916. The van der Waals surface area contributed by atoms with Crippen LogP contribution in [0.2, 0.25) is 5.02 Å². The number of hydrogen-bond acceptors (Lipinski definition) is 5. The molecule has 0 aliphatic carbocycles. The molecule has 0 saturated carbocycles. The molecule has 0 atom stereocenters. The average molecular weight is 462 g/mol. The number of rotatable bonds is 7. The lowest BCUT2D eigenvalue weighted by Crippen LogP contribution is -2.50. The molecule has 1 aromatic heterocycles. The fourth-order valence-corrected chi connectivity index (χ4v) is 3.65. The van der Waals surface area contributed by atoms with Crippen molar-refractivity contribution in [2.75, 3.05) is 39.3 Å². The molecule has 1 saturated heterocycles. The van der Waals surface area contributed by atoms with Gasteiger partial charge in [-0.1, -0.05) is 29.8 Å². The van der Waals surface area contributed by atoms with Gasteiger partial charge < -0.3 is 15.0 Å². The van der Waals surface area contributed by atoms with Crippen LogP contribution in [0.25, 0.3) is 0 Å². The Labute approximate surface area is 194 Å². The van der Waals surface area contributed by atoms with Crippen molar-refractivity contribution in [2.24, 2.45) is 0 Å². The summed E-state index contributed by atoms with van der Waals surface area (Å²) in [7, 11) is 0. The van der Waals surface area contributed by atoms with Crippen LogP contribution in [-0.2, 0) is 11.3 Å².